The van der Waals surface area contributed by atoms with E-state index in [1.165, 1.54) is 5.56 Å². The maximum atomic E-state index is 4.38. The van der Waals surface area contributed by atoms with Crippen LogP contribution >= 0.6 is 39.9 Å². The lowest BCUT2D eigenvalue weighted by atomic mass is 10.2. The first-order valence-corrected chi connectivity index (χ1v) is 9.42. The number of halogens is 2. The number of hydrogen-bond donors (Lipinski definition) is 1. The lowest BCUT2D eigenvalue weighted by molar-refractivity contribution is 0.474. The lowest BCUT2D eigenvalue weighted by Crippen LogP contribution is -2.39. The Labute approximate surface area is 185 Å². The van der Waals surface area contributed by atoms with E-state index >= 15 is 0 Å². The molecule has 2 aromatic heterocycles. The molecule has 0 spiro atoms. The average molecular weight is 543 g/mol. The number of aliphatic imine (C=N–C) groups is 1. The predicted molar refractivity (Wildman–Crippen MR) is 124 cm³/mol. The summed E-state index contributed by atoms with van der Waals surface area (Å²) in [5.74, 6) is 1.87. The highest BCUT2D eigenvalue weighted by Crippen LogP contribution is 2.17. The van der Waals surface area contributed by atoms with Gasteiger partial charge in [0, 0.05) is 44.3 Å². The van der Waals surface area contributed by atoms with E-state index in [9.17, 15) is 0 Å². The molecule has 0 amide bonds. The van der Waals surface area contributed by atoms with Crippen LogP contribution < -0.4 is 5.32 Å². The molecular formula is C19H24BrIN6. The maximum absolute atomic E-state index is 4.38. The van der Waals surface area contributed by atoms with Crippen molar-refractivity contribution >= 4 is 51.5 Å². The number of rotatable bonds is 6. The molecule has 0 unspecified atom stereocenters. The van der Waals surface area contributed by atoms with E-state index in [-0.39, 0.29) is 24.0 Å². The van der Waals surface area contributed by atoms with Gasteiger partial charge in [0.2, 0.25) is 0 Å². The van der Waals surface area contributed by atoms with Crippen molar-refractivity contribution in [2.45, 2.75) is 19.4 Å². The normalized spacial score (nSPS) is 11.3. The molecule has 0 bridgehead atoms. The van der Waals surface area contributed by atoms with Crippen LogP contribution in [0.15, 0.2) is 58.1 Å². The van der Waals surface area contributed by atoms with Gasteiger partial charge in [-0.05, 0) is 30.2 Å². The fourth-order valence-electron chi connectivity index (χ4n) is 2.85. The molecule has 0 atom stereocenters. The van der Waals surface area contributed by atoms with Crippen LogP contribution in [0.2, 0.25) is 0 Å². The van der Waals surface area contributed by atoms with Crippen molar-refractivity contribution in [2.24, 2.45) is 4.99 Å². The Kier molecular flexibility index (Phi) is 8.49. The van der Waals surface area contributed by atoms with E-state index in [2.05, 4.69) is 53.5 Å². The first kappa shape index (κ1) is 21.6. The Morgan fingerprint density at radius 1 is 1.19 bits per heavy atom. The second-order valence-corrected chi connectivity index (χ2v) is 6.92. The molecular weight excluding hydrogens is 519 g/mol. The number of aryl methyl sites for hydroxylation is 1. The number of pyridine rings is 1. The molecule has 0 radical (unpaired) electrons. The van der Waals surface area contributed by atoms with Gasteiger partial charge in [-0.3, -0.25) is 9.39 Å². The first-order valence-electron chi connectivity index (χ1n) is 8.63. The van der Waals surface area contributed by atoms with E-state index < -0.39 is 0 Å². The minimum absolute atomic E-state index is 0. The predicted octanol–water partition coefficient (Wildman–Crippen LogP) is 3.75. The first-order chi connectivity index (χ1) is 12.7. The van der Waals surface area contributed by atoms with Crippen LogP contribution in [-0.2, 0) is 13.0 Å². The average Bonchev–Trinajstić information content (AvgIpc) is 3.07. The zero-order valence-electron chi connectivity index (χ0n) is 15.5. The zero-order chi connectivity index (χ0) is 18.4. The van der Waals surface area contributed by atoms with Crippen molar-refractivity contribution in [3.63, 3.8) is 0 Å². The third kappa shape index (κ3) is 5.65. The molecule has 3 rings (SSSR count). The number of aromatic nitrogens is 3. The fourth-order valence-corrected chi connectivity index (χ4v) is 3.26. The Morgan fingerprint density at radius 3 is 2.74 bits per heavy atom. The molecule has 0 aliphatic carbocycles. The Bertz CT molecular complexity index is 895. The fraction of sp³-hybridized carbons (Fsp3) is 0.316. The van der Waals surface area contributed by atoms with Gasteiger partial charge in [0.25, 0.3) is 0 Å². The van der Waals surface area contributed by atoms with Gasteiger partial charge in [0.15, 0.2) is 11.6 Å². The molecule has 2 heterocycles. The summed E-state index contributed by atoms with van der Waals surface area (Å²) >= 11 is 3.60. The van der Waals surface area contributed by atoms with Gasteiger partial charge in [0.1, 0.15) is 5.82 Å². The van der Waals surface area contributed by atoms with E-state index in [0.717, 1.165) is 47.8 Å². The van der Waals surface area contributed by atoms with Crippen LogP contribution in [0.5, 0.6) is 0 Å². The minimum Gasteiger partial charge on any atom is -0.356 e. The summed E-state index contributed by atoms with van der Waals surface area (Å²) in [6, 6.07) is 14.2. The largest absolute Gasteiger partial charge is 0.356 e. The van der Waals surface area contributed by atoms with Gasteiger partial charge in [-0.2, -0.15) is 0 Å². The van der Waals surface area contributed by atoms with Crippen LogP contribution in [-0.4, -0.2) is 46.1 Å². The van der Waals surface area contributed by atoms with Crippen LogP contribution in [0.25, 0.3) is 5.65 Å². The van der Waals surface area contributed by atoms with E-state index in [4.69, 9.17) is 0 Å². The van der Waals surface area contributed by atoms with Crippen molar-refractivity contribution in [2.75, 3.05) is 20.6 Å². The van der Waals surface area contributed by atoms with Gasteiger partial charge in [0.05, 0.1) is 0 Å². The number of guanidine groups is 1. The molecule has 1 N–H and O–H groups in total. The van der Waals surface area contributed by atoms with Gasteiger partial charge < -0.3 is 10.2 Å². The van der Waals surface area contributed by atoms with E-state index in [1.807, 2.05) is 55.0 Å². The maximum Gasteiger partial charge on any atom is 0.193 e. The van der Waals surface area contributed by atoms with Crippen LogP contribution in [0.3, 0.4) is 0 Å². The summed E-state index contributed by atoms with van der Waals surface area (Å²) in [7, 11) is 3.85. The molecule has 0 saturated carbocycles. The van der Waals surface area contributed by atoms with Gasteiger partial charge in [-0.1, -0.05) is 40.2 Å². The Balaban J connectivity index is 0.00000261. The van der Waals surface area contributed by atoms with Gasteiger partial charge in [-0.25, -0.2) is 0 Å². The number of nitrogens with one attached hydrogen (secondary N) is 1. The minimum atomic E-state index is 0. The molecule has 27 heavy (non-hydrogen) atoms. The molecule has 0 saturated heterocycles. The molecule has 0 aliphatic heterocycles. The summed E-state index contributed by atoms with van der Waals surface area (Å²) < 4.78 is 3.15. The summed E-state index contributed by atoms with van der Waals surface area (Å²) in [6.07, 6.45) is 3.82. The number of benzene rings is 1. The van der Waals surface area contributed by atoms with Gasteiger partial charge in [-0.15, -0.1) is 34.2 Å². The van der Waals surface area contributed by atoms with Crippen LogP contribution in [0.1, 0.15) is 17.8 Å². The van der Waals surface area contributed by atoms with Crippen molar-refractivity contribution in [1.82, 2.24) is 24.8 Å². The van der Waals surface area contributed by atoms with Crippen molar-refractivity contribution in [3.05, 3.63) is 64.5 Å². The second kappa shape index (κ2) is 10.6. The third-order valence-electron chi connectivity index (χ3n) is 4.18. The summed E-state index contributed by atoms with van der Waals surface area (Å²) in [5, 5.41) is 11.9. The number of fused-ring (bicyclic) bond motifs is 1. The number of hydrogen-bond acceptors (Lipinski definition) is 3. The summed E-state index contributed by atoms with van der Waals surface area (Å²) in [5.41, 5.74) is 2.12. The Morgan fingerprint density at radius 2 is 1.96 bits per heavy atom. The molecule has 3 aromatic rings. The van der Waals surface area contributed by atoms with E-state index in [1.54, 1.807) is 0 Å². The highest BCUT2D eigenvalue weighted by molar-refractivity contribution is 14.0. The monoisotopic (exact) mass is 542 g/mol. The number of nitrogens with zero attached hydrogens (tertiary/aromatic N) is 5. The van der Waals surface area contributed by atoms with Crippen molar-refractivity contribution in [3.8, 4) is 0 Å². The van der Waals surface area contributed by atoms with Crippen molar-refractivity contribution in [1.29, 1.82) is 0 Å². The smallest absolute Gasteiger partial charge is 0.193 e. The van der Waals surface area contributed by atoms with Gasteiger partial charge >= 0.3 is 0 Å². The zero-order valence-corrected chi connectivity index (χ0v) is 19.4. The highest BCUT2D eigenvalue weighted by Gasteiger charge is 2.09. The second-order valence-electron chi connectivity index (χ2n) is 6.07. The topological polar surface area (TPSA) is 57.8 Å². The highest BCUT2D eigenvalue weighted by atomic mass is 127. The summed E-state index contributed by atoms with van der Waals surface area (Å²) in [4.78, 5) is 6.50. The third-order valence-corrected chi connectivity index (χ3v) is 4.96. The van der Waals surface area contributed by atoms with E-state index in [0.29, 0.717) is 0 Å². The molecule has 6 nitrogen and oxygen atoms in total. The lowest BCUT2D eigenvalue weighted by Gasteiger charge is -2.22. The molecule has 0 fully saturated rings. The SMILES string of the molecule is CN=C(NCCCc1nnc2ccccn12)N(C)Cc1ccccc1Br.I. The quantitative estimate of drug-likeness (QED) is 0.223. The molecule has 144 valence electrons. The molecule has 8 heteroatoms. The standard InChI is InChI=1S/C19H23BrN6.HI/c1-21-19(25(2)14-15-8-3-4-9-16(15)20)22-12-7-11-18-24-23-17-10-5-6-13-26(17)18;/h3-6,8-10,13H,7,11-12,14H2,1-2H3,(H,21,22);1H. The molecule has 0 aliphatic rings. The Hall–Kier alpha value is -1.68. The summed E-state index contributed by atoms with van der Waals surface area (Å²) in [6.45, 7) is 1.62. The van der Waals surface area contributed by atoms with Crippen molar-refractivity contribution < 1.29 is 0 Å². The molecule has 1 aromatic carbocycles. The van der Waals surface area contributed by atoms with Crippen LogP contribution in [0, 0.1) is 0 Å². The van der Waals surface area contributed by atoms with Crippen LogP contribution in [0.4, 0.5) is 0 Å².